The van der Waals surface area contributed by atoms with Gasteiger partial charge in [0, 0.05) is 12.4 Å². The first-order chi connectivity index (χ1) is 13.2. The molecule has 1 amide bonds. The first kappa shape index (κ1) is 17.7. The normalized spacial score (nSPS) is 11.0. The van der Waals surface area contributed by atoms with Gasteiger partial charge < -0.3 is 9.30 Å². The number of aryl methyl sites for hydroxylation is 1. The van der Waals surface area contributed by atoms with Crippen molar-refractivity contribution in [3.05, 3.63) is 53.3 Å². The van der Waals surface area contributed by atoms with E-state index in [-0.39, 0.29) is 5.91 Å². The fraction of sp³-hybridized carbons (Fsp3) is 0.211. The van der Waals surface area contributed by atoms with Gasteiger partial charge >= 0.3 is 0 Å². The summed E-state index contributed by atoms with van der Waals surface area (Å²) in [6.07, 6.45) is 5.54. The van der Waals surface area contributed by atoms with Gasteiger partial charge in [0.25, 0.3) is 5.91 Å². The largest absolute Gasteiger partial charge is 0.497 e. The zero-order valence-electron chi connectivity index (χ0n) is 14.9. The van der Waals surface area contributed by atoms with E-state index in [0.717, 1.165) is 39.6 Å². The maximum atomic E-state index is 12.9. The fourth-order valence-electron chi connectivity index (χ4n) is 2.73. The molecule has 0 bridgehead atoms. The van der Waals surface area contributed by atoms with Gasteiger partial charge in [-0.05, 0) is 36.8 Å². The Balaban J connectivity index is 1.62. The number of nitrogens with zero attached hydrogens (tertiary/aromatic N) is 3. The molecule has 0 aliphatic carbocycles. The molecule has 3 aromatic heterocycles. The molecular formula is C19H18N4O2S2. The number of hydrogen-bond donors (Lipinski definition) is 1. The molecule has 0 saturated heterocycles. The van der Waals surface area contributed by atoms with Gasteiger partial charge in [-0.15, -0.1) is 0 Å². The molecule has 4 aromatic rings. The van der Waals surface area contributed by atoms with Crippen molar-refractivity contribution in [1.29, 1.82) is 0 Å². The number of fused-ring (bicyclic) bond motifs is 1. The van der Waals surface area contributed by atoms with Crippen molar-refractivity contribution in [2.45, 2.75) is 19.8 Å². The number of carbonyl (C=O) groups is 1. The minimum atomic E-state index is -0.166. The van der Waals surface area contributed by atoms with Gasteiger partial charge in [-0.2, -0.15) is 0 Å². The average molecular weight is 399 g/mol. The van der Waals surface area contributed by atoms with E-state index in [1.165, 1.54) is 22.7 Å². The number of nitrogens with one attached hydrogen (secondary N) is 1. The average Bonchev–Trinajstić information content (AvgIpc) is 3.40. The lowest BCUT2D eigenvalue weighted by molar-refractivity contribution is 0.102. The second-order valence-electron chi connectivity index (χ2n) is 5.92. The third kappa shape index (κ3) is 3.58. The van der Waals surface area contributed by atoms with Gasteiger partial charge in [0.2, 0.25) is 0 Å². The summed E-state index contributed by atoms with van der Waals surface area (Å²) in [5.74, 6) is 0.605. The Labute approximate surface area is 164 Å². The van der Waals surface area contributed by atoms with Gasteiger partial charge in [-0.1, -0.05) is 36.0 Å². The predicted octanol–water partition coefficient (Wildman–Crippen LogP) is 4.76. The number of rotatable bonds is 6. The monoisotopic (exact) mass is 398 g/mol. The van der Waals surface area contributed by atoms with E-state index in [2.05, 4.69) is 22.2 Å². The lowest BCUT2D eigenvalue weighted by Crippen LogP contribution is -2.12. The molecule has 0 radical (unpaired) electrons. The standard InChI is InChI=1S/C19H18N4O2S2/c1-3-6-14-16(27-19(21-14)23-9-4-5-10-23)17(24)22-18-20-13-8-7-12(25-2)11-15(13)26-18/h4-5,7-11H,3,6H2,1-2H3,(H,20,22,24). The van der Waals surface area contributed by atoms with Gasteiger partial charge in [-0.25, -0.2) is 9.97 Å². The quantitative estimate of drug-likeness (QED) is 0.508. The minimum Gasteiger partial charge on any atom is -0.497 e. The van der Waals surface area contributed by atoms with Crippen LogP contribution < -0.4 is 10.1 Å². The van der Waals surface area contributed by atoms with Crippen LogP contribution in [-0.4, -0.2) is 27.6 Å². The van der Waals surface area contributed by atoms with Crippen molar-refractivity contribution in [3.8, 4) is 10.9 Å². The van der Waals surface area contributed by atoms with E-state index in [0.29, 0.717) is 10.0 Å². The number of methoxy groups -OCH3 is 1. The zero-order chi connectivity index (χ0) is 18.8. The van der Waals surface area contributed by atoms with Crippen LogP contribution in [0.25, 0.3) is 15.3 Å². The van der Waals surface area contributed by atoms with Gasteiger partial charge in [-0.3, -0.25) is 10.1 Å². The lowest BCUT2D eigenvalue weighted by atomic mass is 10.2. The molecule has 0 unspecified atom stereocenters. The summed E-state index contributed by atoms with van der Waals surface area (Å²) in [5.41, 5.74) is 1.66. The maximum Gasteiger partial charge on any atom is 0.269 e. The number of amides is 1. The molecule has 6 nitrogen and oxygen atoms in total. The zero-order valence-corrected chi connectivity index (χ0v) is 16.6. The number of ether oxygens (including phenoxy) is 1. The maximum absolute atomic E-state index is 12.9. The number of benzene rings is 1. The number of aromatic nitrogens is 3. The molecule has 0 atom stereocenters. The molecule has 0 aliphatic heterocycles. The van der Waals surface area contributed by atoms with Crippen molar-refractivity contribution in [2.24, 2.45) is 0 Å². The molecule has 0 saturated carbocycles. The molecule has 4 rings (SSSR count). The Morgan fingerprint density at radius 1 is 1.22 bits per heavy atom. The highest BCUT2D eigenvalue weighted by Crippen LogP contribution is 2.30. The van der Waals surface area contributed by atoms with Crippen LogP contribution >= 0.6 is 22.7 Å². The van der Waals surface area contributed by atoms with Crippen LogP contribution in [0.15, 0.2) is 42.7 Å². The van der Waals surface area contributed by atoms with Crippen LogP contribution in [0.3, 0.4) is 0 Å². The molecule has 3 heterocycles. The van der Waals surface area contributed by atoms with E-state index < -0.39 is 0 Å². The molecule has 27 heavy (non-hydrogen) atoms. The Kier molecular flexibility index (Phi) is 4.91. The fourth-order valence-corrected chi connectivity index (χ4v) is 4.60. The number of carbonyl (C=O) groups excluding carboxylic acids is 1. The summed E-state index contributed by atoms with van der Waals surface area (Å²) in [7, 11) is 1.63. The summed E-state index contributed by atoms with van der Waals surface area (Å²) < 4.78 is 8.13. The summed E-state index contributed by atoms with van der Waals surface area (Å²) >= 11 is 2.82. The van der Waals surface area contributed by atoms with E-state index >= 15 is 0 Å². The first-order valence-electron chi connectivity index (χ1n) is 8.57. The predicted molar refractivity (Wildman–Crippen MR) is 110 cm³/mol. The third-order valence-electron chi connectivity index (χ3n) is 4.02. The van der Waals surface area contributed by atoms with E-state index in [1.807, 2.05) is 47.3 Å². The molecular weight excluding hydrogens is 380 g/mol. The van der Waals surface area contributed by atoms with Gasteiger partial charge in [0.15, 0.2) is 10.3 Å². The Hall–Kier alpha value is -2.71. The SMILES string of the molecule is CCCc1nc(-n2cccc2)sc1C(=O)Nc1nc2ccc(OC)cc2s1. The van der Waals surface area contributed by atoms with E-state index in [1.54, 1.807) is 7.11 Å². The minimum absolute atomic E-state index is 0.166. The van der Waals surface area contributed by atoms with Crippen LogP contribution in [0.5, 0.6) is 5.75 Å². The molecule has 0 aliphatic rings. The van der Waals surface area contributed by atoms with Gasteiger partial charge in [0.05, 0.1) is 23.0 Å². The van der Waals surface area contributed by atoms with Crippen LogP contribution in [0.2, 0.25) is 0 Å². The first-order valence-corrected chi connectivity index (χ1v) is 10.2. The number of anilines is 1. The van der Waals surface area contributed by atoms with E-state index in [9.17, 15) is 4.79 Å². The summed E-state index contributed by atoms with van der Waals surface area (Å²) in [5, 5.41) is 4.30. The van der Waals surface area contributed by atoms with Crippen molar-refractivity contribution >= 4 is 43.9 Å². The second-order valence-corrected chi connectivity index (χ2v) is 7.93. The molecule has 138 valence electrons. The summed E-state index contributed by atoms with van der Waals surface area (Å²) in [6, 6.07) is 9.55. The number of thiazole rings is 2. The summed E-state index contributed by atoms with van der Waals surface area (Å²) in [6.45, 7) is 2.08. The van der Waals surface area contributed by atoms with Crippen LogP contribution in [0.4, 0.5) is 5.13 Å². The number of hydrogen-bond acceptors (Lipinski definition) is 6. The van der Waals surface area contributed by atoms with Crippen molar-refractivity contribution in [1.82, 2.24) is 14.5 Å². The Bertz CT molecular complexity index is 1080. The Morgan fingerprint density at radius 2 is 2.04 bits per heavy atom. The Morgan fingerprint density at radius 3 is 2.78 bits per heavy atom. The van der Waals surface area contributed by atoms with Crippen LogP contribution in [0, 0.1) is 0 Å². The van der Waals surface area contributed by atoms with E-state index in [4.69, 9.17) is 4.74 Å². The van der Waals surface area contributed by atoms with Crippen molar-refractivity contribution in [3.63, 3.8) is 0 Å². The molecule has 0 spiro atoms. The van der Waals surface area contributed by atoms with Crippen molar-refractivity contribution in [2.75, 3.05) is 12.4 Å². The molecule has 0 fully saturated rings. The molecule has 1 N–H and O–H groups in total. The molecule has 8 heteroatoms. The highest BCUT2D eigenvalue weighted by Gasteiger charge is 2.19. The third-order valence-corrected chi connectivity index (χ3v) is 6.06. The topological polar surface area (TPSA) is 69.0 Å². The lowest BCUT2D eigenvalue weighted by Gasteiger charge is -2.00. The van der Waals surface area contributed by atoms with Crippen molar-refractivity contribution < 1.29 is 9.53 Å². The van der Waals surface area contributed by atoms with Gasteiger partial charge in [0.1, 0.15) is 10.6 Å². The van der Waals surface area contributed by atoms with Crippen LogP contribution in [0.1, 0.15) is 28.7 Å². The highest BCUT2D eigenvalue weighted by molar-refractivity contribution is 7.22. The highest BCUT2D eigenvalue weighted by atomic mass is 32.1. The summed E-state index contributed by atoms with van der Waals surface area (Å²) in [4.78, 5) is 22.7. The van der Waals surface area contributed by atoms with Crippen LogP contribution in [-0.2, 0) is 6.42 Å². The molecule has 1 aromatic carbocycles. The smallest absolute Gasteiger partial charge is 0.269 e. The second kappa shape index (κ2) is 7.50.